The molecular formula is C10H12ClN5O3. The first-order valence-electron chi connectivity index (χ1n) is 5.70. The van der Waals surface area contributed by atoms with E-state index in [4.69, 9.17) is 27.2 Å². The second-order valence-electron chi connectivity index (χ2n) is 4.33. The van der Waals surface area contributed by atoms with Gasteiger partial charge in [0.2, 0.25) is 5.95 Å². The van der Waals surface area contributed by atoms with Crippen molar-refractivity contribution < 1.29 is 14.9 Å². The van der Waals surface area contributed by atoms with Gasteiger partial charge in [-0.2, -0.15) is 9.97 Å². The van der Waals surface area contributed by atoms with Gasteiger partial charge in [0.05, 0.1) is 19.0 Å². The van der Waals surface area contributed by atoms with Crippen molar-refractivity contribution in [2.75, 3.05) is 12.3 Å². The molecule has 19 heavy (non-hydrogen) atoms. The van der Waals surface area contributed by atoms with E-state index >= 15 is 0 Å². The first kappa shape index (κ1) is 12.5. The SMILES string of the molecule is Nc1nc(Cl)c2ncn([C@@H]3O[C@H](CO)C[C@@H]3O)c2n1. The lowest BCUT2D eigenvalue weighted by molar-refractivity contribution is -0.0486. The molecule has 0 radical (unpaired) electrons. The summed E-state index contributed by atoms with van der Waals surface area (Å²) in [6.07, 6.45) is -0.0443. The Bertz CT molecular complexity index is 618. The fraction of sp³-hybridized carbons (Fsp3) is 0.500. The number of ether oxygens (including phenoxy) is 1. The van der Waals surface area contributed by atoms with Crippen molar-refractivity contribution >= 4 is 28.7 Å². The Kier molecular flexibility index (Phi) is 3.02. The molecule has 3 rings (SSSR count). The molecule has 4 N–H and O–H groups in total. The number of aliphatic hydroxyl groups is 2. The number of halogens is 1. The van der Waals surface area contributed by atoms with Crippen molar-refractivity contribution in [1.82, 2.24) is 19.5 Å². The first-order valence-corrected chi connectivity index (χ1v) is 6.08. The molecule has 0 spiro atoms. The van der Waals surface area contributed by atoms with Crippen molar-refractivity contribution in [2.45, 2.75) is 24.9 Å². The molecule has 2 aromatic rings. The first-order chi connectivity index (χ1) is 9.10. The van der Waals surface area contributed by atoms with E-state index in [9.17, 15) is 5.11 Å². The van der Waals surface area contributed by atoms with Crippen LogP contribution in [0.1, 0.15) is 12.6 Å². The Morgan fingerprint density at radius 2 is 2.32 bits per heavy atom. The van der Waals surface area contributed by atoms with Gasteiger partial charge in [-0.1, -0.05) is 11.6 Å². The molecule has 1 saturated heterocycles. The molecule has 2 aromatic heterocycles. The van der Waals surface area contributed by atoms with E-state index in [2.05, 4.69) is 15.0 Å². The number of nitrogen functional groups attached to an aromatic ring is 1. The maximum Gasteiger partial charge on any atom is 0.223 e. The summed E-state index contributed by atoms with van der Waals surface area (Å²) in [6, 6.07) is 0. The zero-order chi connectivity index (χ0) is 13.6. The van der Waals surface area contributed by atoms with Gasteiger partial charge in [-0.05, 0) is 0 Å². The number of imidazole rings is 1. The normalized spacial score (nSPS) is 27.2. The second-order valence-corrected chi connectivity index (χ2v) is 4.69. The minimum Gasteiger partial charge on any atom is -0.394 e. The summed E-state index contributed by atoms with van der Waals surface area (Å²) in [5, 5.41) is 19.2. The Morgan fingerprint density at radius 3 is 3.00 bits per heavy atom. The lowest BCUT2D eigenvalue weighted by Crippen LogP contribution is -2.19. The highest BCUT2D eigenvalue weighted by atomic mass is 35.5. The summed E-state index contributed by atoms with van der Waals surface area (Å²) in [5.74, 6) is 0.0189. The number of hydrogen-bond donors (Lipinski definition) is 3. The smallest absolute Gasteiger partial charge is 0.223 e. The van der Waals surface area contributed by atoms with E-state index in [1.807, 2.05) is 0 Å². The number of rotatable bonds is 2. The van der Waals surface area contributed by atoms with Gasteiger partial charge in [-0.15, -0.1) is 0 Å². The van der Waals surface area contributed by atoms with Crippen molar-refractivity contribution in [1.29, 1.82) is 0 Å². The number of fused-ring (bicyclic) bond motifs is 1. The zero-order valence-corrected chi connectivity index (χ0v) is 10.5. The monoisotopic (exact) mass is 285 g/mol. The molecular weight excluding hydrogens is 274 g/mol. The van der Waals surface area contributed by atoms with Crippen LogP contribution in [0.5, 0.6) is 0 Å². The predicted octanol–water partition coefficient (Wildman–Crippen LogP) is -0.297. The average molecular weight is 286 g/mol. The molecule has 0 unspecified atom stereocenters. The zero-order valence-electron chi connectivity index (χ0n) is 9.77. The van der Waals surface area contributed by atoms with E-state index < -0.39 is 18.4 Å². The summed E-state index contributed by atoms with van der Waals surface area (Å²) in [4.78, 5) is 11.9. The highest BCUT2D eigenvalue weighted by molar-refractivity contribution is 6.33. The van der Waals surface area contributed by atoms with Crippen molar-refractivity contribution in [2.24, 2.45) is 0 Å². The topological polar surface area (TPSA) is 119 Å². The lowest BCUT2D eigenvalue weighted by Gasteiger charge is -2.16. The third kappa shape index (κ3) is 2.02. The molecule has 3 heterocycles. The summed E-state index contributed by atoms with van der Waals surface area (Å²) in [7, 11) is 0. The van der Waals surface area contributed by atoms with Crippen molar-refractivity contribution in [3.63, 3.8) is 0 Å². The maximum absolute atomic E-state index is 9.97. The highest BCUT2D eigenvalue weighted by Gasteiger charge is 2.36. The molecule has 1 fully saturated rings. The number of aromatic nitrogens is 4. The van der Waals surface area contributed by atoms with Crippen LogP contribution in [0.25, 0.3) is 11.2 Å². The Morgan fingerprint density at radius 1 is 1.53 bits per heavy atom. The summed E-state index contributed by atoms with van der Waals surface area (Å²) >= 11 is 5.92. The van der Waals surface area contributed by atoms with Crippen LogP contribution in [-0.4, -0.2) is 48.5 Å². The van der Waals surface area contributed by atoms with Gasteiger partial charge in [-0.3, -0.25) is 4.57 Å². The van der Waals surface area contributed by atoms with E-state index in [0.29, 0.717) is 17.6 Å². The molecule has 0 saturated carbocycles. The van der Waals surface area contributed by atoms with E-state index in [1.165, 1.54) is 6.33 Å². The van der Waals surface area contributed by atoms with Gasteiger partial charge in [0.25, 0.3) is 0 Å². The number of nitrogens with zero attached hydrogens (tertiary/aromatic N) is 4. The number of aliphatic hydroxyl groups excluding tert-OH is 2. The molecule has 9 heteroatoms. The molecule has 0 bridgehead atoms. The summed E-state index contributed by atoms with van der Waals surface area (Å²) in [5.41, 5.74) is 6.33. The van der Waals surface area contributed by atoms with Gasteiger partial charge >= 0.3 is 0 Å². The Hall–Kier alpha value is -1.48. The minimum atomic E-state index is -0.760. The molecule has 0 aliphatic carbocycles. The third-order valence-corrected chi connectivity index (χ3v) is 3.30. The van der Waals surface area contributed by atoms with Crippen molar-refractivity contribution in [3.05, 3.63) is 11.5 Å². The van der Waals surface area contributed by atoms with Crippen LogP contribution in [0.15, 0.2) is 6.33 Å². The number of nitrogens with two attached hydrogens (primary N) is 1. The van der Waals surface area contributed by atoms with Crippen LogP contribution in [0.3, 0.4) is 0 Å². The number of anilines is 1. The fourth-order valence-electron chi connectivity index (χ4n) is 2.18. The average Bonchev–Trinajstić information content (AvgIpc) is 2.92. The van der Waals surface area contributed by atoms with Gasteiger partial charge in [0.1, 0.15) is 11.6 Å². The lowest BCUT2D eigenvalue weighted by atomic mass is 10.2. The molecule has 0 aromatic carbocycles. The van der Waals surface area contributed by atoms with E-state index in [-0.39, 0.29) is 17.7 Å². The molecule has 102 valence electrons. The predicted molar refractivity (Wildman–Crippen MR) is 66.4 cm³/mol. The Labute approximate surface area is 112 Å². The van der Waals surface area contributed by atoms with Gasteiger partial charge in [-0.25, -0.2) is 4.98 Å². The molecule has 1 aliphatic heterocycles. The van der Waals surface area contributed by atoms with Crippen LogP contribution in [-0.2, 0) is 4.74 Å². The van der Waals surface area contributed by atoms with Crippen LogP contribution in [0, 0.1) is 0 Å². The van der Waals surface area contributed by atoms with Crippen molar-refractivity contribution in [3.8, 4) is 0 Å². The largest absolute Gasteiger partial charge is 0.394 e. The quantitative estimate of drug-likeness (QED) is 0.648. The molecule has 0 amide bonds. The van der Waals surface area contributed by atoms with Gasteiger partial charge in [0, 0.05) is 6.42 Å². The number of hydrogen-bond acceptors (Lipinski definition) is 7. The third-order valence-electron chi connectivity index (χ3n) is 3.04. The summed E-state index contributed by atoms with van der Waals surface area (Å²) < 4.78 is 7.07. The van der Waals surface area contributed by atoms with Crippen LogP contribution in [0.2, 0.25) is 5.15 Å². The Balaban J connectivity index is 2.06. The van der Waals surface area contributed by atoms with Gasteiger partial charge < -0.3 is 20.7 Å². The second kappa shape index (κ2) is 4.57. The fourth-order valence-corrected chi connectivity index (χ4v) is 2.40. The van der Waals surface area contributed by atoms with E-state index in [1.54, 1.807) is 4.57 Å². The maximum atomic E-state index is 9.97. The van der Waals surface area contributed by atoms with E-state index in [0.717, 1.165) is 0 Å². The van der Waals surface area contributed by atoms with Crippen LogP contribution >= 0.6 is 11.6 Å². The summed E-state index contributed by atoms with van der Waals surface area (Å²) in [6.45, 7) is -0.155. The standard InChI is InChI=1S/C10H12ClN5O3/c11-7-6-8(15-10(12)14-7)16(3-13-6)9-5(18)1-4(2-17)19-9/h3-5,9,17-18H,1-2H2,(H2,12,14,15)/t4-,5-,9+/m0/s1. The van der Waals surface area contributed by atoms with Gasteiger partial charge in [0.15, 0.2) is 17.0 Å². The van der Waals surface area contributed by atoms with Crippen LogP contribution in [0.4, 0.5) is 5.95 Å². The minimum absolute atomic E-state index is 0.0189. The molecule has 3 atom stereocenters. The molecule has 1 aliphatic rings. The highest BCUT2D eigenvalue weighted by Crippen LogP contribution is 2.31. The van der Waals surface area contributed by atoms with Crippen LogP contribution < -0.4 is 5.73 Å². The molecule has 8 nitrogen and oxygen atoms in total.